The lowest BCUT2D eigenvalue weighted by molar-refractivity contribution is 0.268. The van der Waals surface area contributed by atoms with E-state index < -0.39 is 0 Å². The van der Waals surface area contributed by atoms with Crippen LogP contribution in [0.25, 0.3) is 0 Å². The van der Waals surface area contributed by atoms with Crippen LogP contribution in [0.15, 0.2) is 0 Å². The second-order valence-electron chi connectivity index (χ2n) is 4.87. The Balaban J connectivity index is 1.90. The van der Waals surface area contributed by atoms with Gasteiger partial charge in [-0.05, 0) is 37.0 Å². The van der Waals surface area contributed by atoms with Gasteiger partial charge in [-0.1, -0.05) is 33.1 Å². The molecule has 2 atom stereocenters. The highest BCUT2D eigenvalue weighted by molar-refractivity contribution is 7.99. The molecular weight excluding hydrogens is 202 g/mol. The molecule has 90 valence electrons. The Labute approximate surface area is 99.8 Å². The summed E-state index contributed by atoms with van der Waals surface area (Å²) in [5.41, 5.74) is 0. The number of rotatable bonds is 7. The summed E-state index contributed by atoms with van der Waals surface area (Å²) in [4.78, 5) is 0. The van der Waals surface area contributed by atoms with Crippen LogP contribution in [0.3, 0.4) is 0 Å². The molecule has 0 spiro atoms. The number of thioether (sulfide) groups is 1. The molecular formula is C13H27NS. The van der Waals surface area contributed by atoms with Gasteiger partial charge in [-0.25, -0.2) is 0 Å². The predicted octanol–water partition coefficient (Wildman–Crippen LogP) is 3.55. The molecule has 1 rings (SSSR count). The molecule has 1 N–H and O–H groups in total. The zero-order valence-corrected chi connectivity index (χ0v) is 11.2. The largest absolute Gasteiger partial charge is 0.316 e. The average Bonchev–Trinajstić information content (AvgIpc) is 2.23. The highest BCUT2D eigenvalue weighted by Gasteiger charge is 2.17. The number of nitrogens with one attached hydrogen (secondary N) is 1. The molecule has 2 unspecified atom stereocenters. The SMILES string of the molecule is CCSCCNCCC1CCCC(C)C1. The molecule has 0 aromatic carbocycles. The van der Waals surface area contributed by atoms with Crippen LogP contribution in [0.2, 0.25) is 0 Å². The normalized spacial score (nSPS) is 26.8. The number of hydrogen-bond donors (Lipinski definition) is 1. The molecule has 1 saturated carbocycles. The van der Waals surface area contributed by atoms with Crippen LogP contribution >= 0.6 is 11.8 Å². The molecule has 0 amide bonds. The van der Waals surface area contributed by atoms with Crippen LogP contribution in [0.5, 0.6) is 0 Å². The smallest absolute Gasteiger partial charge is 0.00579 e. The summed E-state index contributed by atoms with van der Waals surface area (Å²) in [5, 5.41) is 3.56. The average molecular weight is 229 g/mol. The first-order valence-electron chi connectivity index (χ1n) is 6.61. The van der Waals surface area contributed by atoms with Crippen molar-refractivity contribution in [3.05, 3.63) is 0 Å². The highest BCUT2D eigenvalue weighted by atomic mass is 32.2. The van der Waals surface area contributed by atoms with Gasteiger partial charge in [-0.15, -0.1) is 0 Å². The molecule has 2 heteroatoms. The van der Waals surface area contributed by atoms with Crippen molar-refractivity contribution >= 4 is 11.8 Å². The van der Waals surface area contributed by atoms with Crippen LogP contribution in [-0.2, 0) is 0 Å². The zero-order chi connectivity index (χ0) is 10.9. The van der Waals surface area contributed by atoms with E-state index in [4.69, 9.17) is 0 Å². The first-order chi connectivity index (χ1) is 7.33. The molecule has 0 saturated heterocycles. The predicted molar refractivity (Wildman–Crippen MR) is 71.6 cm³/mol. The van der Waals surface area contributed by atoms with Gasteiger partial charge in [0.15, 0.2) is 0 Å². The first kappa shape index (κ1) is 13.4. The van der Waals surface area contributed by atoms with E-state index in [0.717, 1.165) is 11.8 Å². The molecule has 1 fully saturated rings. The van der Waals surface area contributed by atoms with Gasteiger partial charge in [0.25, 0.3) is 0 Å². The van der Waals surface area contributed by atoms with E-state index in [2.05, 4.69) is 19.2 Å². The van der Waals surface area contributed by atoms with Gasteiger partial charge in [-0.3, -0.25) is 0 Å². The van der Waals surface area contributed by atoms with Crippen molar-refractivity contribution < 1.29 is 0 Å². The maximum atomic E-state index is 3.56. The van der Waals surface area contributed by atoms with E-state index >= 15 is 0 Å². The Morgan fingerprint density at radius 2 is 2.13 bits per heavy atom. The molecule has 0 heterocycles. The third-order valence-corrected chi connectivity index (χ3v) is 4.30. The summed E-state index contributed by atoms with van der Waals surface area (Å²) < 4.78 is 0. The van der Waals surface area contributed by atoms with Gasteiger partial charge >= 0.3 is 0 Å². The van der Waals surface area contributed by atoms with E-state index in [9.17, 15) is 0 Å². The summed E-state index contributed by atoms with van der Waals surface area (Å²) in [7, 11) is 0. The monoisotopic (exact) mass is 229 g/mol. The van der Waals surface area contributed by atoms with Gasteiger partial charge < -0.3 is 5.32 Å². The molecule has 0 radical (unpaired) electrons. The summed E-state index contributed by atoms with van der Waals surface area (Å²) in [6.45, 7) is 7.08. The van der Waals surface area contributed by atoms with Crippen molar-refractivity contribution in [2.24, 2.45) is 11.8 Å². The van der Waals surface area contributed by atoms with Crippen molar-refractivity contribution in [1.82, 2.24) is 5.32 Å². The minimum atomic E-state index is 0.986. The van der Waals surface area contributed by atoms with Crippen LogP contribution in [0, 0.1) is 11.8 Å². The van der Waals surface area contributed by atoms with Crippen molar-refractivity contribution in [2.75, 3.05) is 24.6 Å². The quantitative estimate of drug-likeness (QED) is 0.670. The molecule has 0 aromatic heterocycles. The Hall–Kier alpha value is 0.310. The third-order valence-electron chi connectivity index (χ3n) is 3.40. The van der Waals surface area contributed by atoms with Crippen LogP contribution in [0.4, 0.5) is 0 Å². The van der Waals surface area contributed by atoms with Gasteiger partial charge in [-0.2, -0.15) is 11.8 Å². The molecule has 0 bridgehead atoms. The second kappa shape index (κ2) is 8.46. The fraction of sp³-hybridized carbons (Fsp3) is 1.00. The van der Waals surface area contributed by atoms with Crippen LogP contribution in [0.1, 0.15) is 46.0 Å². The lowest BCUT2D eigenvalue weighted by Crippen LogP contribution is -2.23. The highest BCUT2D eigenvalue weighted by Crippen LogP contribution is 2.30. The Bertz CT molecular complexity index is 149. The molecule has 1 aliphatic rings. The molecule has 1 nitrogen and oxygen atoms in total. The minimum absolute atomic E-state index is 0.986. The van der Waals surface area contributed by atoms with E-state index in [1.807, 2.05) is 11.8 Å². The lowest BCUT2D eigenvalue weighted by Gasteiger charge is -2.26. The van der Waals surface area contributed by atoms with Crippen molar-refractivity contribution in [1.29, 1.82) is 0 Å². The third kappa shape index (κ3) is 6.47. The van der Waals surface area contributed by atoms with E-state index in [1.165, 1.54) is 56.7 Å². The zero-order valence-electron chi connectivity index (χ0n) is 10.4. The maximum absolute atomic E-state index is 3.56. The van der Waals surface area contributed by atoms with Gasteiger partial charge in [0.05, 0.1) is 0 Å². The molecule has 0 aromatic rings. The number of hydrogen-bond acceptors (Lipinski definition) is 2. The molecule has 1 aliphatic carbocycles. The van der Waals surface area contributed by atoms with Crippen molar-refractivity contribution in [3.8, 4) is 0 Å². The topological polar surface area (TPSA) is 12.0 Å². The van der Waals surface area contributed by atoms with Gasteiger partial charge in [0, 0.05) is 12.3 Å². The van der Waals surface area contributed by atoms with E-state index in [1.54, 1.807) is 0 Å². The van der Waals surface area contributed by atoms with E-state index in [0.29, 0.717) is 0 Å². The Morgan fingerprint density at radius 1 is 1.27 bits per heavy atom. The van der Waals surface area contributed by atoms with Gasteiger partial charge in [0.2, 0.25) is 0 Å². The van der Waals surface area contributed by atoms with Crippen molar-refractivity contribution in [3.63, 3.8) is 0 Å². The summed E-state index contributed by atoms with van der Waals surface area (Å²) in [5.74, 6) is 4.53. The van der Waals surface area contributed by atoms with Gasteiger partial charge in [0.1, 0.15) is 0 Å². The second-order valence-corrected chi connectivity index (χ2v) is 6.27. The fourth-order valence-electron chi connectivity index (χ4n) is 2.54. The molecule has 0 aliphatic heterocycles. The summed E-state index contributed by atoms with van der Waals surface area (Å²) in [6.07, 6.45) is 7.30. The van der Waals surface area contributed by atoms with Crippen molar-refractivity contribution in [2.45, 2.75) is 46.0 Å². The first-order valence-corrected chi connectivity index (χ1v) is 7.76. The summed E-state index contributed by atoms with van der Waals surface area (Å²) in [6, 6.07) is 0. The van der Waals surface area contributed by atoms with E-state index in [-0.39, 0.29) is 0 Å². The minimum Gasteiger partial charge on any atom is -0.316 e. The van der Waals surface area contributed by atoms with Crippen LogP contribution in [-0.4, -0.2) is 24.6 Å². The van der Waals surface area contributed by atoms with Crippen LogP contribution < -0.4 is 5.32 Å². The standard InChI is InChI=1S/C13H27NS/c1-3-15-10-9-14-8-7-13-6-4-5-12(2)11-13/h12-14H,3-11H2,1-2H3. The fourth-order valence-corrected chi connectivity index (χ4v) is 3.12. The molecule has 15 heavy (non-hydrogen) atoms. The lowest BCUT2D eigenvalue weighted by atomic mass is 9.81. The Morgan fingerprint density at radius 3 is 2.87 bits per heavy atom. The Kier molecular flexibility index (Phi) is 7.54. The summed E-state index contributed by atoms with van der Waals surface area (Å²) >= 11 is 2.03. The maximum Gasteiger partial charge on any atom is 0.00579 e.